The Morgan fingerprint density at radius 2 is 1.86 bits per heavy atom. The minimum absolute atomic E-state index is 0.110. The van der Waals surface area contributed by atoms with Crippen LogP contribution >= 0.6 is 0 Å². The van der Waals surface area contributed by atoms with Crippen LogP contribution in [0.1, 0.15) is 20.3 Å². The van der Waals surface area contributed by atoms with Crippen LogP contribution in [0.15, 0.2) is 24.3 Å². The summed E-state index contributed by atoms with van der Waals surface area (Å²) in [5.74, 6) is 0.0697. The van der Waals surface area contributed by atoms with E-state index in [9.17, 15) is 9.59 Å². The summed E-state index contributed by atoms with van der Waals surface area (Å²) in [6, 6.07) is 6.86. The number of anilines is 2. The van der Waals surface area contributed by atoms with Crippen LogP contribution < -0.4 is 16.4 Å². The molecule has 0 aliphatic rings. The molecule has 0 saturated heterocycles. The van der Waals surface area contributed by atoms with Crippen molar-refractivity contribution in [2.45, 2.75) is 20.3 Å². The monoisotopic (exact) mass is 293 g/mol. The molecule has 0 saturated carbocycles. The van der Waals surface area contributed by atoms with Crippen LogP contribution in [0.25, 0.3) is 0 Å². The van der Waals surface area contributed by atoms with E-state index in [1.807, 2.05) is 0 Å². The summed E-state index contributed by atoms with van der Waals surface area (Å²) in [6.07, 6.45) is 0.181. The lowest BCUT2D eigenvalue weighted by Gasteiger charge is -2.17. The van der Waals surface area contributed by atoms with Crippen LogP contribution in [0.4, 0.5) is 16.2 Å². The summed E-state index contributed by atoms with van der Waals surface area (Å²) in [5, 5.41) is 5.36. The van der Waals surface area contributed by atoms with Crippen LogP contribution in [0, 0.1) is 11.8 Å². The van der Waals surface area contributed by atoms with Gasteiger partial charge in [0, 0.05) is 17.9 Å². The van der Waals surface area contributed by atoms with Crippen molar-refractivity contribution in [3.63, 3.8) is 0 Å². The average molecular weight is 293 g/mol. The first-order valence-electron chi connectivity index (χ1n) is 6.92. The predicted octanol–water partition coefficient (Wildman–Crippen LogP) is 2.42. The second-order valence-electron chi connectivity index (χ2n) is 5.25. The molecule has 116 valence electrons. The number of nitrogens with one attached hydrogen (secondary N) is 2. The fourth-order valence-electron chi connectivity index (χ4n) is 1.97. The van der Waals surface area contributed by atoms with Crippen molar-refractivity contribution in [1.82, 2.24) is 0 Å². The van der Waals surface area contributed by atoms with Crippen molar-refractivity contribution >= 4 is 23.4 Å². The number of carbonyl (C=O) groups is 2. The Labute approximate surface area is 125 Å². The first-order valence-corrected chi connectivity index (χ1v) is 6.92. The molecule has 6 heteroatoms. The molecule has 0 aromatic heterocycles. The quantitative estimate of drug-likeness (QED) is 0.751. The third-order valence-electron chi connectivity index (χ3n) is 2.97. The summed E-state index contributed by atoms with van der Waals surface area (Å²) in [6.45, 7) is 4.41. The largest absolute Gasteiger partial charge is 0.453 e. The second-order valence-corrected chi connectivity index (χ2v) is 5.25. The average Bonchev–Trinajstić information content (AvgIpc) is 2.44. The molecule has 4 N–H and O–H groups in total. The van der Waals surface area contributed by atoms with E-state index in [1.54, 1.807) is 24.3 Å². The molecule has 0 spiro atoms. The Bertz CT molecular complexity index is 489. The Morgan fingerprint density at radius 1 is 1.24 bits per heavy atom. The van der Waals surface area contributed by atoms with Gasteiger partial charge in [-0.05, 0) is 30.5 Å². The summed E-state index contributed by atoms with van der Waals surface area (Å²) < 4.78 is 4.52. The molecule has 1 unspecified atom stereocenters. The molecule has 1 aromatic carbocycles. The van der Waals surface area contributed by atoms with E-state index >= 15 is 0 Å². The normalized spacial score (nSPS) is 11.9. The van der Waals surface area contributed by atoms with E-state index in [0.29, 0.717) is 23.8 Å². The number of hydrogen-bond acceptors (Lipinski definition) is 4. The van der Waals surface area contributed by atoms with Crippen molar-refractivity contribution in [1.29, 1.82) is 0 Å². The lowest BCUT2D eigenvalue weighted by molar-refractivity contribution is -0.120. The van der Waals surface area contributed by atoms with Gasteiger partial charge in [-0.1, -0.05) is 19.9 Å². The van der Waals surface area contributed by atoms with E-state index in [-0.39, 0.29) is 11.8 Å². The van der Waals surface area contributed by atoms with E-state index in [1.165, 1.54) is 7.11 Å². The zero-order valence-corrected chi connectivity index (χ0v) is 12.7. The Balaban J connectivity index is 2.71. The minimum atomic E-state index is -0.557. The third-order valence-corrected chi connectivity index (χ3v) is 2.97. The summed E-state index contributed by atoms with van der Waals surface area (Å²) in [4.78, 5) is 23.3. The van der Waals surface area contributed by atoms with Gasteiger partial charge in [-0.2, -0.15) is 0 Å². The highest BCUT2D eigenvalue weighted by molar-refractivity contribution is 5.94. The van der Waals surface area contributed by atoms with E-state index in [2.05, 4.69) is 29.2 Å². The van der Waals surface area contributed by atoms with Crippen molar-refractivity contribution in [2.75, 3.05) is 24.3 Å². The molecule has 21 heavy (non-hydrogen) atoms. The molecule has 1 atom stereocenters. The van der Waals surface area contributed by atoms with Gasteiger partial charge in [-0.3, -0.25) is 10.1 Å². The van der Waals surface area contributed by atoms with E-state index in [0.717, 1.165) is 6.42 Å². The topological polar surface area (TPSA) is 93.5 Å². The maximum atomic E-state index is 12.2. The van der Waals surface area contributed by atoms with Crippen LogP contribution in [0.5, 0.6) is 0 Å². The maximum absolute atomic E-state index is 12.2. The smallest absolute Gasteiger partial charge is 0.411 e. The fourth-order valence-corrected chi connectivity index (χ4v) is 1.97. The number of ether oxygens (including phenoxy) is 1. The van der Waals surface area contributed by atoms with Gasteiger partial charge in [0.2, 0.25) is 5.91 Å². The SMILES string of the molecule is COC(=O)Nc1cccc(NC(=O)C(CN)CC(C)C)c1. The summed E-state index contributed by atoms with van der Waals surface area (Å²) in [5.41, 5.74) is 6.81. The van der Waals surface area contributed by atoms with Crippen molar-refractivity contribution in [2.24, 2.45) is 17.6 Å². The van der Waals surface area contributed by atoms with Gasteiger partial charge in [-0.15, -0.1) is 0 Å². The number of rotatable bonds is 6. The highest BCUT2D eigenvalue weighted by Crippen LogP contribution is 2.18. The molecule has 0 fully saturated rings. The van der Waals surface area contributed by atoms with Gasteiger partial charge in [0.05, 0.1) is 13.0 Å². The molecule has 2 amide bonds. The van der Waals surface area contributed by atoms with Crippen molar-refractivity contribution in [3.05, 3.63) is 24.3 Å². The van der Waals surface area contributed by atoms with E-state index < -0.39 is 6.09 Å². The molecule has 0 heterocycles. The zero-order valence-electron chi connectivity index (χ0n) is 12.7. The van der Waals surface area contributed by atoms with Gasteiger partial charge in [0.1, 0.15) is 0 Å². The molecular weight excluding hydrogens is 270 g/mol. The molecule has 0 aliphatic carbocycles. The van der Waals surface area contributed by atoms with E-state index in [4.69, 9.17) is 5.73 Å². The number of carbonyl (C=O) groups excluding carboxylic acids is 2. The first-order chi connectivity index (χ1) is 9.96. The first kappa shape index (κ1) is 17.0. The lowest BCUT2D eigenvalue weighted by Crippen LogP contribution is -2.30. The van der Waals surface area contributed by atoms with Crippen molar-refractivity contribution < 1.29 is 14.3 Å². The predicted molar refractivity (Wildman–Crippen MR) is 83.1 cm³/mol. The van der Waals surface area contributed by atoms with Crippen LogP contribution in [-0.2, 0) is 9.53 Å². The third kappa shape index (κ3) is 5.83. The molecule has 1 aromatic rings. The fraction of sp³-hybridized carbons (Fsp3) is 0.467. The Hall–Kier alpha value is -2.08. The van der Waals surface area contributed by atoms with Gasteiger partial charge >= 0.3 is 6.09 Å². The molecule has 6 nitrogen and oxygen atoms in total. The van der Waals surface area contributed by atoms with Crippen LogP contribution in [-0.4, -0.2) is 25.7 Å². The number of amides is 2. The zero-order chi connectivity index (χ0) is 15.8. The number of hydrogen-bond donors (Lipinski definition) is 3. The molecule has 1 rings (SSSR count). The lowest BCUT2D eigenvalue weighted by atomic mass is 9.96. The maximum Gasteiger partial charge on any atom is 0.411 e. The molecule has 0 radical (unpaired) electrons. The Morgan fingerprint density at radius 3 is 2.38 bits per heavy atom. The van der Waals surface area contributed by atoms with Crippen LogP contribution in [0.2, 0.25) is 0 Å². The number of nitrogens with two attached hydrogens (primary N) is 1. The van der Waals surface area contributed by atoms with Gasteiger partial charge < -0.3 is 15.8 Å². The highest BCUT2D eigenvalue weighted by Gasteiger charge is 2.18. The summed E-state index contributed by atoms with van der Waals surface area (Å²) >= 11 is 0. The molecular formula is C15H23N3O3. The van der Waals surface area contributed by atoms with Crippen LogP contribution in [0.3, 0.4) is 0 Å². The standard InChI is InChI=1S/C15H23N3O3/c1-10(2)7-11(9-16)14(19)17-12-5-4-6-13(8-12)18-15(20)21-3/h4-6,8,10-11H,7,9,16H2,1-3H3,(H,17,19)(H,18,20). The highest BCUT2D eigenvalue weighted by atomic mass is 16.5. The number of benzene rings is 1. The minimum Gasteiger partial charge on any atom is -0.453 e. The molecule has 0 aliphatic heterocycles. The van der Waals surface area contributed by atoms with Gasteiger partial charge in [-0.25, -0.2) is 4.79 Å². The van der Waals surface area contributed by atoms with Gasteiger partial charge in [0.25, 0.3) is 0 Å². The van der Waals surface area contributed by atoms with Crippen molar-refractivity contribution in [3.8, 4) is 0 Å². The summed E-state index contributed by atoms with van der Waals surface area (Å²) in [7, 11) is 1.29. The Kier molecular flexibility index (Phi) is 6.68. The molecule has 0 bridgehead atoms. The second kappa shape index (κ2) is 8.26. The van der Waals surface area contributed by atoms with Gasteiger partial charge in [0.15, 0.2) is 0 Å². The number of methoxy groups -OCH3 is 1.